The molecule has 2 aromatic heterocycles. The van der Waals surface area contributed by atoms with Crippen LogP contribution < -0.4 is 11.3 Å². The average Bonchev–Trinajstić information content (AvgIpc) is 2.87. The van der Waals surface area contributed by atoms with E-state index in [4.69, 9.17) is 10.3 Å². The summed E-state index contributed by atoms with van der Waals surface area (Å²) in [5.74, 6) is 5.40. The molecule has 0 bridgehead atoms. The van der Waals surface area contributed by atoms with Gasteiger partial charge in [0.15, 0.2) is 5.76 Å². The molecule has 3 N–H and O–H groups in total. The highest BCUT2D eigenvalue weighted by molar-refractivity contribution is 5.90. The Kier molecular flexibility index (Phi) is 2.74. The van der Waals surface area contributed by atoms with Gasteiger partial charge in [0, 0.05) is 6.20 Å². The second-order valence-corrected chi connectivity index (χ2v) is 3.39. The van der Waals surface area contributed by atoms with Crippen LogP contribution in [0.15, 0.2) is 28.8 Å². The maximum absolute atomic E-state index is 11.1. The van der Waals surface area contributed by atoms with Crippen molar-refractivity contribution in [2.24, 2.45) is 5.84 Å². The van der Waals surface area contributed by atoms with Crippen molar-refractivity contribution >= 4 is 5.91 Å². The molecule has 6 nitrogen and oxygen atoms in total. The summed E-state index contributed by atoms with van der Waals surface area (Å²) in [4.78, 5) is 11.1. The molecule has 0 unspecified atom stereocenters. The smallest absolute Gasteiger partial charge is 0.300 e. The summed E-state index contributed by atoms with van der Waals surface area (Å²) < 4.78 is 7.03. The van der Waals surface area contributed by atoms with Crippen molar-refractivity contribution in [3.8, 4) is 0 Å². The fraction of sp³-hybridized carbons (Fsp3) is 0.200. The Bertz CT molecular complexity index is 500. The Morgan fingerprint density at radius 1 is 1.56 bits per heavy atom. The predicted molar refractivity (Wildman–Crippen MR) is 56.4 cm³/mol. The van der Waals surface area contributed by atoms with Crippen molar-refractivity contribution in [1.29, 1.82) is 0 Å². The molecule has 2 aromatic rings. The van der Waals surface area contributed by atoms with Crippen molar-refractivity contribution in [2.45, 2.75) is 13.5 Å². The molecule has 0 saturated carbocycles. The van der Waals surface area contributed by atoms with E-state index in [0.717, 1.165) is 5.69 Å². The topological polar surface area (TPSA) is 86.1 Å². The first kappa shape index (κ1) is 10.4. The monoisotopic (exact) mass is 220 g/mol. The summed E-state index contributed by atoms with van der Waals surface area (Å²) in [5.41, 5.74) is 2.94. The number of carbonyl (C=O) groups is 1. The molecule has 0 aliphatic carbocycles. The van der Waals surface area contributed by atoms with Crippen LogP contribution in [0.2, 0.25) is 0 Å². The highest BCUT2D eigenvalue weighted by Gasteiger charge is 2.09. The van der Waals surface area contributed by atoms with Gasteiger partial charge in [0.1, 0.15) is 5.76 Å². The van der Waals surface area contributed by atoms with Crippen LogP contribution in [0.25, 0.3) is 0 Å². The van der Waals surface area contributed by atoms with Gasteiger partial charge in [0.25, 0.3) is 0 Å². The highest BCUT2D eigenvalue weighted by atomic mass is 16.4. The van der Waals surface area contributed by atoms with Crippen LogP contribution in [0.5, 0.6) is 0 Å². The van der Waals surface area contributed by atoms with Gasteiger partial charge >= 0.3 is 5.91 Å². The largest absolute Gasteiger partial charge is 0.454 e. The average molecular weight is 220 g/mol. The van der Waals surface area contributed by atoms with E-state index in [-0.39, 0.29) is 5.76 Å². The first-order valence-corrected chi connectivity index (χ1v) is 4.79. The zero-order chi connectivity index (χ0) is 11.5. The zero-order valence-corrected chi connectivity index (χ0v) is 8.80. The van der Waals surface area contributed by atoms with Crippen LogP contribution in [0.3, 0.4) is 0 Å². The first-order valence-electron chi connectivity index (χ1n) is 4.79. The molecule has 84 valence electrons. The second kappa shape index (κ2) is 4.19. The Morgan fingerprint density at radius 3 is 3.00 bits per heavy atom. The van der Waals surface area contributed by atoms with E-state index in [0.29, 0.717) is 12.3 Å². The Morgan fingerprint density at radius 2 is 2.38 bits per heavy atom. The summed E-state index contributed by atoms with van der Waals surface area (Å²) in [7, 11) is 0. The Hall–Kier alpha value is -2.08. The summed E-state index contributed by atoms with van der Waals surface area (Å²) in [6.07, 6.45) is 1.85. The molecule has 0 saturated heterocycles. The third-order valence-corrected chi connectivity index (χ3v) is 2.11. The minimum atomic E-state index is -0.442. The molecular weight excluding hydrogens is 208 g/mol. The number of nitrogens with two attached hydrogens (primary N) is 1. The molecule has 0 atom stereocenters. The van der Waals surface area contributed by atoms with Gasteiger partial charge in [-0.3, -0.25) is 14.9 Å². The van der Waals surface area contributed by atoms with Crippen LogP contribution in [-0.4, -0.2) is 15.7 Å². The number of amides is 1. The lowest BCUT2D eigenvalue weighted by Crippen LogP contribution is -2.29. The van der Waals surface area contributed by atoms with Gasteiger partial charge in [0.2, 0.25) is 0 Å². The number of rotatable bonds is 3. The number of hydrogen-bond acceptors (Lipinski definition) is 4. The van der Waals surface area contributed by atoms with Gasteiger partial charge in [-0.25, -0.2) is 5.84 Å². The van der Waals surface area contributed by atoms with Crippen LogP contribution in [0.4, 0.5) is 0 Å². The number of nitrogens with one attached hydrogen (secondary N) is 1. The third-order valence-electron chi connectivity index (χ3n) is 2.11. The number of furan rings is 1. The summed E-state index contributed by atoms with van der Waals surface area (Å²) >= 11 is 0. The van der Waals surface area contributed by atoms with E-state index in [1.807, 2.05) is 24.6 Å². The number of aromatic nitrogens is 2. The van der Waals surface area contributed by atoms with Crippen molar-refractivity contribution in [2.75, 3.05) is 0 Å². The van der Waals surface area contributed by atoms with E-state index in [1.165, 1.54) is 0 Å². The lowest BCUT2D eigenvalue weighted by Gasteiger charge is -1.97. The molecule has 0 fully saturated rings. The minimum Gasteiger partial charge on any atom is -0.454 e. The lowest BCUT2D eigenvalue weighted by atomic mass is 10.4. The maximum atomic E-state index is 11.1. The SMILES string of the molecule is Cc1ccn(Cc2ccc(C(=O)NN)o2)n1. The van der Waals surface area contributed by atoms with Crippen LogP contribution in [0.1, 0.15) is 22.0 Å². The van der Waals surface area contributed by atoms with Gasteiger partial charge in [-0.1, -0.05) is 0 Å². The number of nitrogen functional groups attached to an aromatic ring is 1. The molecule has 16 heavy (non-hydrogen) atoms. The molecule has 0 radical (unpaired) electrons. The molecule has 1 amide bonds. The third kappa shape index (κ3) is 2.12. The summed E-state index contributed by atoms with van der Waals surface area (Å²) in [6.45, 7) is 2.40. The number of hydrogen-bond donors (Lipinski definition) is 2. The maximum Gasteiger partial charge on any atom is 0.300 e. The van der Waals surface area contributed by atoms with Gasteiger partial charge in [-0.2, -0.15) is 5.10 Å². The number of hydrazine groups is 1. The van der Waals surface area contributed by atoms with Gasteiger partial charge in [0.05, 0.1) is 12.2 Å². The van der Waals surface area contributed by atoms with E-state index in [1.54, 1.807) is 16.8 Å². The quantitative estimate of drug-likeness (QED) is 0.446. The summed E-state index contributed by atoms with van der Waals surface area (Å²) in [5, 5.41) is 4.21. The standard InChI is InChI=1S/C10H12N4O2/c1-7-4-5-14(13-7)6-8-2-3-9(16-8)10(15)12-11/h2-5H,6,11H2,1H3,(H,12,15). The molecular formula is C10H12N4O2. The Labute approximate surface area is 92.0 Å². The molecule has 0 aliphatic rings. The molecule has 6 heteroatoms. The van der Waals surface area contributed by atoms with E-state index >= 15 is 0 Å². The van der Waals surface area contributed by atoms with Crippen LogP contribution in [-0.2, 0) is 6.54 Å². The fourth-order valence-corrected chi connectivity index (χ4v) is 1.37. The first-order chi connectivity index (χ1) is 7.69. The van der Waals surface area contributed by atoms with Gasteiger partial charge in [-0.15, -0.1) is 0 Å². The normalized spacial score (nSPS) is 10.4. The number of nitrogens with zero attached hydrogens (tertiary/aromatic N) is 2. The highest BCUT2D eigenvalue weighted by Crippen LogP contribution is 2.09. The summed E-state index contributed by atoms with van der Waals surface area (Å²) in [6, 6.07) is 5.20. The number of aryl methyl sites for hydroxylation is 1. The predicted octanol–water partition coefficient (Wildman–Crippen LogP) is 0.436. The van der Waals surface area contributed by atoms with E-state index in [2.05, 4.69) is 5.10 Å². The van der Waals surface area contributed by atoms with Crippen LogP contribution >= 0.6 is 0 Å². The lowest BCUT2D eigenvalue weighted by molar-refractivity contribution is 0.0924. The molecule has 0 spiro atoms. The van der Waals surface area contributed by atoms with Crippen molar-refractivity contribution in [1.82, 2.24) is 15.2 Å². The second-order valence-electron chi connectivity index (χ2n) is 3.39. The van der Waals surface area contributed by atoms with Gasteiger partial charge < -0.3 is 4.42 Å². The van der Waals surface area contributed by atoms with Crippen molar-refractivity contribution in [3.05, 3.63) is 41.6 Å². The van der Waals surface area contributed by atoms with Gasteiger partial charge in [-0.05, 0) is 25.1 Å². The van der Waals surface area contributed by atoms with E-state index in [9.17, 15) is 4.79 Å². The van der Waals surface area contributed by atoms with Crippen molar-refractivity contribution in [3.63, 3.8) is 0 Å². The fourth-order valence-electron chi connectivity index (χ4n) is 1.37. The number of carbonyl (C=O) groups excluding carboxylic acids is 1. The Balaban J connectivity index is 2.11. The minimum absolute atomic E-state index is 0.196. The zero-order valence-electron chi connectivity index (χ0n) is 8.80. The van der Waals surface area contributed by atoms with E-state index < -0.39 is 5.91 Å². The molecule has 2 rings (SSSR count). The van der Waals surface area contributed by atoms with Crippen LogP contribution in [0, 0.1) is 6.92 Å². The van der Waals surface area contributed by atoms with Crippen molar-refractivity contribution < 1.29 is 9.21 Å². The molecule has 2 heterocycles. The molecule has 0 aliphatic heterocycles. The molecule has 0 aromatic carbocycles.